The third kappa shape index (κ3) is 5.77. The molecule has 2 aliphatic heterocycles. The molecule has 0 spiro atoms. The van der Waals surface area contributed by atoms with Crippen molar-refractivity contribution in [3.05, 3.63) is 74.9 Å². The Bertz CT molecular complexity index is 1340. The van der Waals surface area contributed by atoms with Crippen molar-refractivity contribution in [2.75, 3.05) is 65.4 Å². The molecule has 40 heavy (non-hydrogen) atoms. The fourth-order valence-corrected chi connectivity index (χ4v) is 6.76. The zero-order valence-electron chi connectivity index (χ0n) is 23.1. The zero-order chi connectivity index (χ0) is 28.2. The zero-order valence-corrected chi connectivity index (χ0v) is 24.6. The van der Waals surface area contributed by atoms with E-state index in [9.17, 15) is 9.59 Å². The minimum absolute atomic E-state index is 0.100. The molecule has 3 heterocycles. The smallest absolute Gasteiger partial charge is 0.254 e. The third-order valence-electron chi connectivity index (χ3n) is 7.79. The quantitative estimate of drug-likeness (QED) is 0.370. The van der Waals surface area contributed by atoms with E-state index >= 15 is 0 Å². The number of benzene rings is 2. The molecule has 1 N–H and O–H groups in total. The van der Waals surface area contributed by atoms with Crippen LogP contribution in [0.25, 0.3) is 0 Å². The van der Waals surface area contributed by atoms with Crippen molar-refractivity contribution in [1.82, 2.24) is 15.1 Å². The van der Waals surface area contributed by atoms with Crippen molar-refractivity contribution in [2.45, 2.75) is 18.4 Å². The van der Waals surface area contributed by atoms with E-state index in [1.54, 1.807) is 42.5 Å². The van der Waals surface area contributed by atoms with E-state index in [2.05, 4.69) is 21.2 Å². The molecule has 2 amide bonds. The molecule has 212 valence electrons. The summed E-state index contributed by atoms with van der Waals surface area (Å²) in [5.74, 6) is 0.148. The Labute approximate surface area is 244 Å². The maximum Gasteiger partial charge on any atom is 0.254 e. The summed E-state index contributed by atoms with van der Waals surface area (Å²) in [6, 6.07) is 15.0. The molecule has 2 aromatic carbocycles. The topological polar surface area (TPSA) is 74.4 Å². The van der Waals surface area contributed by atoms with Gasteiger partial charge in [0.2, 0.25) is 5.91 Å². The second-order valence-corrected chi connectivity index (χ2v) is 11.5. The number of hydrogen-bond acceptors (Lipinski definition) is 7. The van der Waals surface area contributed by atoms with Crippen molar-refractivity contribution in [3.63, 3.8) is 0 Å². The van der Waals surface area contributed by atoms with E-state index < -0.39 is 12.0 Å². The SMILES string of the molecule is COc1cc2c(cc1OC)C(C(=O)NCCCN1CCN(c3cccc(Cl)c3)CC1)C(c1cccs1)N(C)C2=O. The van der Waals surface area contributed by atoms with Gasteiger partial charge in [-0.3, -0.25) is 14.5 Å². The third-order valence-corrected chi connectivity index (χ3v) is 8.97. The number of carbonyl (C=O) groups is 2. The maximum atomic E-state index is 13.8. The summed E-state index contributed by atoms with van der Waals surface area (Å²) >= 11 is 7.71. The number of fused-ring (bicyclic) bond motifs is 1. The first-order valence-electron chi connectivity index (χ1n) is 13.5. The summed E-state index contributed by atoms with van der Waals surface area (Å²) in [7, 11) is 4.86. The summed E-state index contributed by atoms with van der Waals surface area (Å²) in [5.41, 5.74) is 2.28. The Balaban J connectivity index is 1.25. The molecule has 3 aromatic rings. The second-order valence-electron chi connectivity index (χ2n) is 10.1. The van der Waals surface area contributed by atoms with Crippen LogP contribution in [0.2, 0.25) is 5.02 Å². The lowest BCUT2D eigenvalue weighted by Crippen LogP contribution is -2.47. The number of hydrogen-bond donors (Lipinski definition) is 1. The van der Waals surface area contributed by atoms with Crippen molar-refractivity contribution in [3.8, 4) is 11.5 Å². The van der Waals surface area contributed by atoms with Gasteiger partial charge in [-0.1, -0.05) is 23.7 Å². The van der Waals surface area contributed by atoms with Gasteiger partial charge in [0.05, 0.1) is 26.2 Å². The number of carbonyl (C=O) groups excluding carboxylic acids is 2. The van der Waals surface area contributed by atoms with Gasteiger partial charge >= 0.3 is 0 Å². The van der Waals surface area contributed by atoms with Crippen LogP contribution in [0.5, 0.6) is 11.5 Å². The van der Waals surface area contributed by atoms with E-state index in [0.717, 1.165) is 54.7 Å². The highest BCUT2D eigenvalue weighted by atomic mass is 35.5. The van der Waals surface area contributed by atoms with Crippen LogP contribution in [-0.2, 0) is 4.79 Å². The first-order chi connectivity index (χ1) is 19.4. The monoisotopic (exact) mass is 582 g/mol. The van der Waals surface area contributed by atoms with Crippen LogP contribution in [0, 0.1) is 0 Å². The molecule has 2 aliphatic rings. The van der Waals surface area contributed by atoms with Crippen LogP contribution in [-0.4, -0.2) is 82.1 Å². The largest absolute Gasteiger partial charge is 0.493 e. The molecule has 0 aliphatic carbocycles. The van der Waals surface area contributed by atoms with Crippen molar-refractivity contribution >= 4 is 40.4 Å². The summed E-state index contributed by atoms with van der Waals surface area (Å²) in [6.45, 7) is 5.28. The minimum Gasteiger partial charge on any atom is -0.493 e. The van der Waals surface area contributed by atoms with Crippen LogP contribution in [0.3, 0.4) is 0 Å². The lowest BCUT2D eigenvalue weighted by atomic mass is 9.81. The van der Waals surface area contributed by atoms with Crippen LogP contribution >= 0.6 is 22.9 Å². The number of ether oxygens (including phenoxy) is 2. The Hall–Kier alpha value is -3.27. The van der Waals surface area contributed by atoms with Gasteiger partial charge in [-0.15, -0.1) is 11.3 Å². The Morgan fingerprint density at radius 3 is 2.48 bits per heavy atom. The van der Waals surface area contributed by atoms with Crippen LogP contribution in [0.1, 0.15) is 39.2 Å². The highest BCUT2D eigenvalue weighted by molar-refractivity contribution is 7.10. The standard InChI is InChI=1S/C30H35ClN4O4S/c1-33-28(26-9-5-16-40-26)27(22-18-24(38-2)25(39-3)19-23(22)30(33)37)29(36)32-10-6-11-34-12-14-35(15-13-34)21-8-4-7-20(31)17-21/h4-5,7-9,16-19,27-28H,6,10-15H2,1-3H3,(H,32,36). The van der Waals surface area contributed by atoms with Crippen molar-refractivity contribution in [1.29, 1.82) is 0 Å². The van der Waals surface area contributed by atoms with Gasteiger partial charge in [0, 0.05) is 60.9 Å². The van der Waals surface area contributed by atoms with E-state index in [-0.39, 0.29) is 11.8 Å². The normalized spacial score (nSPS) is 19.4. The number of amides is 2. The predicted molar refractivity (Wildman–Crippen MR) is 159 cm³/mol. The van der Waals surface area contributed by atoms with Gasteiger partial charge in [-0.25, -0.2) is 0 Å². The van der Waals surface area contributed by atoms with E-state index in [1.165, 1.54) is 7.11 Å². The van der Waals surface area contributed by atoms with Gasteiger partial charge in [0.15, 0.2) is 11.5 Å². The number of anilines is 1. The summed E-state index contributed by atoms with van der Waals surface area (Å²) < 4.78 is 11.0. The molecular weight excluding hydrogens is 548 g/mol. The van der Waals surface area contributed by atoms with E-state index in [0.29, 0.717) is 29.2 Å². The number of nitrogens with one attached hydrogen (secondary N) is 1. The van der Waals surface area contributed by atoms with E-state index in [1.807, 2.05) is 35.7 Å². The van der Waals surface area contributed by atoms with Crippen LogP contribution in [0.15, 0.2) is 53.9 Å². The Kier molecular flexibility index (Phi) is 8.83. The average molecular weight is 583 g/mol. The van der Waals surface area contributed by atoms with Gasteiger partial charge in [0.1, 0.15) is 0 Å². The molecule has 0 bridgehead atoms. The Morgan fingerprint density at radius 1 is 1.05 bits per heavy atom. The molecule has 1 aromatic heterocycles. The number of thiophene rings is 1. The minimum atomic E-state index is -0.572. The molecule has 5 rings (SSSR count). The predicted octanol–water partition coefficient (Wildman–Crippen LogP) is 4.66. The lowest BCUT2D eigenvalue weighted by Gasteiger charge is -2.39. The van der Waals surface area contributed by atoms with Crippen LogP contribution < -0.4 is 19.7 Å². The number of halogens is 1. The van der Waals surface area contributed by atoms with Gasteiger partial charge in [0.25, 0.3) is 5.91 Å². The molecule has 10 heteroatoms. The highest BCUT2D eigenvalue weighted by Crippen LogP contribution is 2.46. The van der Waals surface area contributed by atoms with Crippen LogP contribution in [0.4, 0.5) is 5.69 Å². The van der Waals surface area contributed by atoms with E-state index in [4.69, 9.17) is 21.1 Å². The summed E-state index contributed by atoms with van der Waals surface area (Å²) in [5, 5.41) is 5.90. The molecular formula is C30H35ClN4O4S. The molecule has 2 atom stereocenters. The molecule has 1 saturated heterocycles. The summed E-state index contributed by atoms with van der Waals surface area (Å²) in [4.78, 5) is 34.6. The number of nitrogens with zero attached hydrogens (tertiary/aromatic N) is 3. The number of methoxy groups -OCH3 is 2. The van der Waals surface area contributed by atoms with Gasteiger partial charge in [-0.2, -0.15) is 0 Å². The average Bonchev–Trinajstić information content (AvgIpc) is 3.51. The fraction of sp³-hybridized carbons (Fsp3) is 0.400. The summed E-state index contributed by atoms with van der Waals surface area (Å²) in [6.07, 6.45) is 0.840. The fourth-order valence-electron chi connectivity index (χ4n) is 5.67. The number of rotatable bonds is 9. The number of likely N-dealkylation sites (N-methyl/N-ethyl adjacent to an activating group) is 1. The highest BCUT2D eigenvalue weighted by Gasteiger charge is 2.44. The van der Waals surface area contributed by atoms with Gasteiger partial charge in [-0.05, 0) is 60.3 Å². The molecule has 0 radical (unpaired) electrons. The maximum absolute atomic E-state index is 13.8. The molecule has 8 nitrogen and oxygen atoms in total. The van der Waals surface area contributed by atoms with Gasteiger partial charge < -0.3 is 24.6 Å². The van der Waals surface area contributed by atoms with Crippen molar-refractivity contribution < 1.29 is 19.1 Å². The van der Waals surface area contributed by atoms with Crippen molar-refractivity contribution in [2.24, 2.45) is 0 Å². The second kappa shape index (κ2) is 12.5. The Morgan fingerprint density at radius 2 is 1.80 bits per heavy atom. The first kappa shape index (κ1) is 28.3. The first-order valence-corrected chi connectivity index (χ1v) is 14.7. The molecule has 2 unspecified atom stereocenters. The molecule has 1 fully saturated rings. The molecule has 0 saturated carbocycles. The number of piperazine rings is 1. The lowest BCUT2D eigenvalue weighted by molar-refractivity contribution is -0.124.